The molecule has 1 aliphatic heterocycles. The summed E-state index contributed by atoms with van der Waals surface area (Å²) >= 11 is 0. The van der Waals surface area contributed by atoms with Gasteiger partial charge in [0.15, 0.2) is 0 Å². The normalized spacial score (nSPS) is 18.7. The fraction of sp³-hybridized carbons (Fsp3) is 0.462. The Morgan fingerprint density at radius 3 is 2.65 bits per heavy atom. The van der Waals surface area contributed by atoms with Crippen molar-refractivity contribution in [3.63, 3.8) is 0 Å². The highest BCUT2D eigenvalue weighted by Gasteiger charge is 2.27. The lowest BCUT2D eigenvalue weighted by Gasteiger charge is -2.34. The molecular formula is C13H15NO3. The molecule has 0 bridgehead atoms. The van der Waals surface area contributed by atoms with E-state index in [1.807, 2.05) is 6.07 Å². The Bertz CT molecular complexity index is 450. The van der Waals surface area contributed by atoms with Gasteiger partial charge in [0.25, 0.3) is 0 Å². The molecule has 1 heterocycles. The Balaban J connectivity index is 1.91. The van der Waals surface area contributed by atoms with Crippen molar-refractivity contribution in [1.29, 1.82) is 0 Å². The van der Waals surface area contributed by atoms with Crippen molar-refractivity contribution in [2.45, 2.75) is 25.4 Å². The van der Waals surface area contributed by atoms with Crippen LogP contribution in [0.2, 0.25) is 0 Å². The van der Waals surface area contributed by atoms with Crippen molar-refractivity contribution in [1.82, 2.24) is 0 Å². The average molecular weight is 233 g/mol. The lowest BCUT2D eigenvalue weighted by molar-refractivity contribution is 0.0696. The number of carboxylic acids is 1. The van der Waals surface area contributed by atoms with Crippen LogP contribution in [0.25, 0.3) is 0 Å². The quantitative estimate of drug-likeness (QED) is 0.865. The van der Waals surface area contributed by atoms with Gasteiger partial charge in [-0.25, -0.2) is 4.79 Å². The number of anilines is 1. The molecule has 1 aromatic carbocycles. The van der Waals surface area contributed by atoms with Gasteiger partial charge in [0, 0.05) is 13.1 Å². The molecule has 0 aromatic heterocycles. The summed E-state index contributed by atoms with van der Waals surface area (Å²) in [6, 6.07) is 5.16. The van der Waals surface area contributed by atoms with E-state index in [9.17, 15) is 4.79 Å². The van der Waals surface area contributed by atoms with Crippen LogP contribution in [0.4, 0.5) is 5.69 Å². The molecule has 3 rings (SSSR count). The van der Waals surface area contributed by atoms with Gasteiger partial charge in [-0.2, -0.15) is 0 Å². The minimum Gasteiger partial charge on any atom is -0.488 e. The Hall–Kier alpha value is -1.71. The molecule has 17 heavy (non-hydrogen) atoms. The van der Waals surface area contributed by atoms with Crippen molar-refractivity contribution >= 4 is 11.7 Å². The first-order valence-corrected chi connectivity index (χ1v) is 6.03. The van der Waals surface area contributed by atoms with E-state index in [0.29, 0.717) is 11.7 Å². The minimum atomic E-state index is -0.902. The maximum atomic E-state index is 11.0. The van der Waals surface area contributed by atoms with Crippen molar-refractivity contribution < 1.29 is 14.6 Å². The Morgan fingerprint density at radius 2 is 2.12 bits per heavy atom. The standard InChI is InChI=1S/C13H15NO3/c15-13(16)9-2-5-11(14-6-1-7-14)12(8-9)17-10-3-4-10/h2,5,8,10H,1,3-4,6-7H2,(H,15,16). The third-order valence-corrected chi connectivity index (χ3v) is 3.22. The summed E-state index contributed by atoms with van der Waals surface area (Å²) in [6.07, 6.45) is 3.65. The van der Waals surface area contributed by atoms with E-state index in [0.717, 1.165) is 37.4 Å². The van der Waals surface area contributed by atoms with Gasteiger partial charge < -0.3 is 14.7 Å². The first-order chi connectivity index (χ1) is 8.24. The number of hydrogen-bond acceptors (Lipinski definition) is 3. The number of hydrogen-bond donors (Lipinski definition) is 1. The van der Waals surface area contributed by atoms with Crippen LogP contribution in [0.5, 0.6) is 5.75 Å². The lowest BCUT2D eigenvalue weighted by atomic mass is 10.1. The lowest BCUT2D eigenvalue weighted by Crippen LogP contribution is -2.37. The van der Waals surface area contributed by atoms with Gasteiger partial charge in [-0.15, -0.1) is 0 Å². The molecule has 90 valence electrons. The molecule has 0 radical (unpaired) electrons. The van der Waals surface area contributed by atoms with E-state index < -0.39 is 5.97 Å². The summed E-state index contributed by atoms with van der Waals surface area (Å²) < 4.78 is 5.80. The minimum absolute atomic E-state index is 0.291. The van der Waals surface area contributed by atoms with Gasteiger partial charge in [-0.1, -0.05) is 0 Å². The molecule has 4 heteroatoms. The van der Waals surface area contributed by atoms with Gasteiger partial charge in [0.1, 0.15) is 5.75 Å². The van der Waals surface area contributed by atoms with Crippen LogP contribution >= 0.6 is 0 Å². The molecule has 1 saturated carbocycles. The van der Waals surface area contributed by atoms with Crippen LogP contribution in [0.3, 0.4) is 0 Å². The highest BCUT2D eigenvalue weighted by Crippen LogP contribution is 2.36. The first-order valence-electron chi connectivity index (χ1n) is 6.03. The maximum absolute atomic E-state index is 11.0. The van der Waals surface area contributed by atoms with Crippen LogP contribution in [0.1, 0.15) is 29.6 Å². The maximum Gasteiger partial charge on any atom is 0.335 e. The summed E-state index contributed by atoms with van der Waals surface area (Å²) in [7, 11) is 0. The Morgan fingerprint density at radius 1 is 1.35 bits per heavy atom. The highest BCUT2D eigenvalue weighted by atomic mass is 16.5. The molecule has 2 aliphatic rings. The van der Waals surface area contributed by atoms with E-state index in [-0.39, 0.29) is 0 Å². The van der Waals surface area contributed by atoms with E-state index >= 15 is 0 Å². The van der Waals surface area contributed by atoms with E-state index in [2.05, 4.69) is 4.90 Å². The average Bonchev–Trinajstić information content (AvgIpc) is 3.01. The molecule has 1 saturated heterocycles. The van der Waals surface area contributed by atoms with Gasteiger partial charge in [0.05, 0.1) is 17.4 Å². The molecule has 4 nitrogen and oxygen atoms in total. The molecule has 1 aromatic rings. The summed E-state index contributed by atoms with van der Waals surface area (Å²) in [6.45, 7) is 2.07. The monoisotopic (exact) mass is 233 g/mol. The zero-order valence-corrected chi connectivity index (χ0v) is 9.56. The zero-order chi connectivity index (χ0) is 11.8. The number of nitrogens with zero attached hydrogens (tertiary/aromatic N) is 1. The van der Waals surface area contributed by atoms with Crippen LogP contribution in [0, 0.1) is 0 Å². The van der Waals surface area contributed by atoms with Crippen LogP contribution < -0.4 is 9.64 Å². The Labute approximate surface area is 99.8 Å². The molecule has 0 amide bonds. The summed E-state index contributed by atoms with van der Waals surface area (Å²) in [4.78, 5) is 13.2. The van der Waals surface area contributed by atoms with Gasteiger partial charge in [0.2, 0.25) is 0 Å². The van der Waals surface area contributed by atoms with Crippen molar-refractivity contribution in [2.24, 2.45) is 0 Å². The third-order valence-electron chi connectivity index (χ3n) is 3.22. The van der Waals surface area contributed by atoms with E-state index in [4.69, 9.17) is 9.84 Å². The molecule has 0 unspecified atom stereocenters. The van der Waals surface area contributed by atoms with Gasteiger partial charge in [-0.3, -0.25) is 0 Å². The fourth-order valence-electron chi connectivity index (χ4n) is 1.93. The number of carbonyl (C=O) groups is 1. The molecule has 2 fully saturated rings. The van der Waals surface area contributed by atoms with E-state index in [1.54, 1.807) is 12.1 Å². The number of rotatable bonds is 4. The SMILES string of the molecule is O=C(O)c1ccc(N2CCC2)c(OC2CC2)c1. The van der Waals surface area contributed by atoms with Crippen molar-refractivity contribution in [3.05, 3.63) is 23.8 Å². The van der Waals surface area contributed by atoms with E-state index in [1.165, 1.54) is 6.42 Å². The van der Waals surface area contributed by atoms with Gasteiger partial charge in [-0.05, 0) is 37.5 Å². The predicted octanol–water partition coefficient (Wildman–Crippen LogP) is 2.14. The molecule has 0 atom stereocenters. The third kappa shape index (κ3) is 2.07. The molecule has 1 aliphatic carbocycles. The van der Waals surface area contributed by atoms with Crippen LogP contribution in [0.15, 0.2) is 18.2 Å². The predicted molar refractivity (Wildman–Crippen MR) is 63.9 cm³/mol. The van der Waals surface area contributed by atoms with Crippen LogP contribution in [-0.4, -0.2) is 30.3 Å². The number of ether oxygens (including phenoxy) is 1. The Kier molecular flexibility index (Phi) is 2.42. The van der Waals surface area contributed by atoms with Crippen LogP contribution in [-0.2, 0) is 0 Å². The molecular weight excluding hydrogens is 218 g/mol. The first kappa shape index (κ1) is 10.4. The smallest absolute Gasteiger partial charge is 0.335 e. The molecule has 1 N–H and O–H groups in total. The van der Waals surface area contributed by atoms with Crippen molar-refractivity contribution in [3.8, 4) is 5.75 Å². The summed E-state index contributed by atoms with van der Waals surface area (Å²) in [5.41, 5.74) is 1.33. The second-order valence-electron chi connectivity index (χ2n) is 4.65. The fourth-order valence-corrected chi connectivity index (χ4v) is 1.93. The molecule has 0 spiro atoms. The second-order valence-corrected chi connectivity index (χ2v) is 4.65. The number of carboxylic acid groups (broad SMARTS) is 1. The summed E-state index contributed by atoms with van der Waals surface area (Å²) in [5, 5.41) is 8.99. The van der Waals surface area contributed by atoms with Gasteiger partial charge >= 0.3 is 5.97 Å². The largest absolute Gasteiger partial charge is 0.488 e. The summed E-state index contributed by atoms with van der Waals surface area (Å²) in [5.74, 6) is -0.173. The second kappa shape index (κ2) is 3.95. The topological polar surface area (TPSA) is 49.8 Å². The highest BCUT2D eigenvalue weighted by molar-refractivity contribution is 5.89. The number of aromatic carboxylic acids is 1. The number of benzene rings is 1. The zero-order valence-electron chi connectivity index (χ0n) is 9.56. The van der Waals surface area contributed by atoms with Crippen molar-refractivity contribution in [2.75, 3.05) is 18.0 Å².